The molecule has 0 bridgehead atoms. The van der Waals surface area contributed by atoms with Crippen LogP contribution in [0.1, 0.15) is 20.7 Å². The van der Waals surface area contributed by atoms with Gasteiger partial charge < -0.3 is 20.1 Å². The summed E-state index contributed by atoms with van der Waals surface area (Å²) in [5, 5.41) is 24.3. The number of carboxylic acids is 1. The number of aliphatic hydroxyl groups excluding tert-OH is 1. The molecule has 19 heavy (non-hydrogen) atoms. The van der Waals surface area contributed by atoms with Crippen molar-refractivity contribution in [3.05, 3.63) is 35.4 Å². The van der Waals surface area contributed by atoms with Crippen molar-refractivity contribution < 1.29 is 34.4 Å². The lowest BCUT2D eigenvalue weighted by molar-refractivity contribution is 0.0433. The number of carboxylic acid groups (broad SMARTS) is 2. The van der Waals surface area contributed by atoms with E-state index in [0.717, 1.165) is 0 Å². The van der Waals surface area contributed by atoms with E-state index in [-0.39, 0.29) is 24.3 Å². The summed E-state index contributed by atoms with van der Waals surface area (Å²) in [6.07, 6.45) is 0. The standard InChI is InChI=1S/C10H10O5.CHClO2/c11-4-5-15-10(14)8-3-1-2-7(6-8)9(12)13;2-1(3)4/h1-3,6,11H,4-5H2,(H,12,13);(H,3,4). The Kier molecular flexibility index (Phi) is 7.90. The Morgan fingerprint density at radius 1 is 1.16 bits per heavy atom. The van der Waals surface area contributed by atoms with Crippen LogP contribution >= 0.6 is 11.6 Å². The van der Waals surface area contributed by atoms with Gasteiger partial charge in [0, 0.05) is 11.6 Å². The Morgan fingerprint density at radius 3 is 2.16 bits per heavy atom. The van der Waals surface area contributed by atoms with Gasteiger partial charge in [-0.3, -0.25) is 0 Å². The van der Waals surface area contributed by atoms with Crippen molar-refractivity contribution in [3.63, 3.8) is 0 Å². The van der Waals surface area contributed by atoms with Gasteiger partial charge in [0.15, 0.2) is 0 Å². The van der Waals surface area contributed by atoms with Crippen LogP contribution in [0.2, 0.25) is 0 Å². The number of hydrogen-bond donors (Lipinski definition) is 3. The first kappa shape index (κ1) is 16.9. The van der Waals surface area contributed by atoms with E-state index < -0.39 is 17.4 Å². The second-order valence-electron chi connectivity index (χ2n) is 3.00. The van der Waals surface area contributed by atoms with Crippen molar-refractivity contribution in [3.8, 4) is 0 Å². The number of carbonyl (C=O) groups excluding carboxylic acids is 1. The van der Waals surface area contributed by atoms with Gasteiger partial charge in [0.25, 0.3) is 0 Å². The van der Waals surface area contributed by atoms with E-state index in [1.54, 1.807) is 0 Å². The third kappa shape index (κ3) is 7.74. The van der Waals surface area contributed by atoms with E-state index in [0.29, 0.717) is 0 Å². The summed E-state index contributed by atoms with van der Waals surface area (Å²) in [6, 6.07) is 5.51. The molecule has 0 saturated heterocycles. The molecule has 8 heteroatoms. The zero-order chi connectivity index (χ0) is 14.8. The van der Waals surface area contributed by atoms with Crippen molar-refractivity contribution >= 4 is 29.0 Å². The maximum absolute atomic E-state index is 11.3. The predicted molar refractivity (Wildman–Crippen MR) is 64.6 cm³/mol. The number of ether oxygens (including phenoxy) is 1. The van der Waals surface area contributed by atoms with Crippen LogP contribution in [0.25, 0.3) is 0 Å². The van der Waals surface area contributed by atoms with E-state index in [1.807, 2.05) is 0 Å². The molecule has 1 rings (SSSR count). The van der Waals surface area contributed by atoms with E-state index in [4.69, 9.17) is 20.1 Å². The van der Waals surface area contributed by atoms with Crippen molar-refractivity contribution in [2.45, 2.75) is 0 Å². The number of carbonyl (C=O) groups is 3. The summed E-state index contributed by atoms with van der Waals surface area (Å²) in [6.45, 7) is -0.361. The molecule has 0 heterocycles. The zero-order valence-corrected chi connectivity index (χ0v) is 10.3. The summed E-state index contributed by atoms with van der Waals surface area (Å²) in [7, 11) is 0. The fourth-order valence-electron chi connectivity index (χ4n) is 1.00. The number of halogens is 1. The lowest BCUT2D eigenvalue weighted by Gasteiger charge is -2.03. The summed E-state index contributed by atoms with van der Waals surface area (Å²) >= 11 is 4.19. The Hall–Kier alpha value is -2.12. The molecule has 0 saturated carbocycles. The summed E-state index contributed by atoms with van der Waals surface area (Å²) in [5.41, 5.74) is -1.18. The van der Waals surface area contributed by atoms with Crippen LogP contribution < -0.4 is 0 Å². The second kappa shape index (κ2) is 8.90. The van der Waals surface area contributed by atoms with Gasteiger partial charge in [0.1, 0.15) is 6.61 Å². The molecule has 1 aromatic carbocycles. The first-order valence-electron chi connectivity index (χ1n) is 4.88. The molecule has 0 fully saturated rings. The molecule has 1 aromatic rings. The highest BCUT2D eigenvalue weighted by molar-refractivity contribution is 6.60. The summed E-state index contributed by atoms with van der Waals surface area (Å²) in [4.78, 5) is 30.6. The van der Waals surface area contributed by atoms with Crippen molar-refractivity contribution in [2.75, 3.05) is 13.2 Å². The highest BCUT2D eigenvalue weighted by Crippen LogP contribution is 2.06. The molecule has 0 atom stereocenters. The Morgan fingerprint density at radius 2 is 1.68 bits per heavy atom. The monoisotopic (exact) mass is 290 g/mol. The van der Waals surface area contributed by atoms with Crippen molar-refractivity contribution in [2.24, 2.45) is 0 Å². The largest absolute Gasteiger partial charge is 0.478 e. The lowest BCUT2D eigenvalue weighted by atomic mass is 10.1. The topological polar surface area (TPSA) is 121 Å². The van der Waals surface area contributed by atoms with Crippen LogP contribution in [0, 0.1) is 0 Å². The highest BCUT2D eigenvalue weighted by atomic mass is 35.5. The minimum atomic E-state index is -1.36. The highest BCUT2D eigenvalue weighted by Gasteiger charge is 2.09. The van der Waals surface area contributed by atoms with Gasteiger partial charge in [0.05, 0.1) is 17.7 Å². The molecule has 104 valence electrons. The fraction of sp³-hybridized carbons (Fsp3) is 0.182. The Labute approximate surface area is 113 Å². The number of rotatable bonds is 4. The molecule has 0 radical (unpaired) electrons. The van der Waals surface area contributed by atoms with E-state index in [1.165, 1.54) is 24.3 Å². The number of benzene rings is 1. The third-order valence-corrected chi connectivity index (χ3v) is 1.67. The average Bonchev–Trinajstić information content (AvgIpc) is 2.35. The van der Waals surface area contributed by atoms with Crippen molar-refractivity contribution in [1.82, 2.24) is 0 Å². The quantitative estimate of drug-likeness (QED) is 0.566. The third-order valence-electron chi connectivity index (χ3n) is 1.67. The molecule has 0 aliphatic carbocycles. The average molecular weight is 291 g/mol. The lowest BCUT2D eigenvalue weighted by Crippen LogP contribution is -2.09. The van der Waals surface area contributed by atoms with Gasteiger partial charge >= 0.3 is 17.4 Å². The number of hydrogen-bond acceptors (Lipinski definition) is 5. The van der Waals surface area contributed by atoms with Crippen LogP contribution in [-0.4, -0.2) is 45.9 Å². The van der Waals surface area contributed by atoms with Gasteiger partial charge in [-0.25, -0.2) is 14.4 Å². The molecule has 0 aliphatic heterocycles. The van der Waals surface area contributed by atoms with Crippen LogP contribution in [0.15, 0.2) is 24.3 Å². The SMILES string of the molecule is O=C(O)Cl.O=C(O)c1cccc(C(=O)OCCO)c1. The molecule has 0 unspecified atom stereocenters. The van der Waals surface area contributed by atoms with Gasteiger partial charge in [-0.2, -0.15) is 0 Å². The minimum absolute atomic E-state index is 0.0217. The molecular weight excluding hydrogens is 280 g/mol. The van der Waals surface area contributed by atoms with Gasteiger partial charge in [-0.15, -0.1) is 0 Å². The molecule has 7 nitrogen and oxygen atoms in total. The van der Waals surface area contributed by atoms with Crippen LogP contribution in [-0.2, 0) is 4.74 Å². The van der Waals surface area contributed by atoms with E-state index >= 15 is 0 Å². The molecule has 3 N–H and O–H groups in total. The number of esters is 1. The molecule has 0 amide bonds. The molecule has 0 aromatic heterocycles. The molecule has 0 aliphatic rings. The van der Waals surface area contributed by atoms with E-state index in [9.17, 15) is 9.59 Å². The fourth-order valence-corrected chi connectivity index (χ4v) is 1.00. The first-order valence-corrected chi connectivity index (χ1v) is 5.26. The maximum Gasteiger partial charge on any atom is 0.401 e. The van der Waals surface area contributed by atoms with Gasteiger partial charge in [0.2, 0.25) is 0 Å². The van der Waals surface area contributed by atoms with Gasteiger partial charge in [-0.1, -0.05) is 6.07 Å². The summed E-state index contributed by atoms with van der Waals surface area (Å²) < 4.78 is 4.63. The molecular formula is C11H11ClO7. The van der Waals surface area contributed by atoms with E-state index in [2.05, 4.69) is 16.3 Å². The number of aromatic carboxylic acids is 1. The number of aliphatic hydroxyl groups is 1. The van der Waals surface area contributed by atoms with Crippen LogP contribution in [0.5, 0.6) is 0 Å². The molecule has 0 spiro atoms. The zero-order valence-electron chi connectivity index (χ0n) is 9.58. The van der Waals surface area contributed by atoms with Crippen LogP contribution in [0.3, 0.4) is 0 Å². The Balaban J connectivity index is 0.000000711. The maximum atomic E-state index is 11.3. The second-order valence-corrected chi connectivity index (χ2v) is 3.32. The smallest absolute Gasteiger partial charge is 0.401 e. The van der Waals surface area contributed by atoms with Gasteiger partial charge in [-0.05, 0) is 18.2 Å². The first-order chi connectivity index (χ1) is 8.88. The summed E-state index contributed by atoms with van der Waals surface area (Å²) in [5.74, 6) is -1.75. The minimum Gasteiger partial charge on any atom is -0.478 e. The normalized spacial score (nSPS) is 8.95. The Bertz CT molecular complexity index is 454. The predicted octanol–water partition coefficient (Wildman–Crippen LogP) is 1.44. The van der Waals surface area contributed by atoms with Crippen molar-refractivity contribution in [1.29, 1.82) is 0 Å². The van der Waals surface area contributed by atoms with Crippen LogP contribution in [0.4, 0.5) is 4.79 Å².